The maximum atomic E-state index is 10.9. The molecule has 0 amide bonds. The van der Waals surface area contributed by atoms with Gasteiger partial charge in [-0.3, -0.25) is 0 Å². The van der Waals surface area contributed by atoms with E-state index in [-0.39, 0.29) is 11.5 Å². The molecule has 4 nitrogen and oxygen atoms in total. The zero-order chi connectivity index (χ0) is 16.7. The number of rotatable bonds is 6. The topological polar surface area (TPSA) is 64.5 Å². The molecule has 0 saturated heterocycles. The van der Waals surface area contributed by atoms with Crippen molar-refractivity contribution < 1.29 is 10.2 Å². The average molecular weight is 318 g/mol. The normalized spacial score (nSPS) is 34.9. The Morgan fingerprint density at radius 2 is 1.87 bits per heavy atom. The van der Waals surface area contributed by atoms with E-state index in [4.69, 9.17) is 0 Å². The molecule has 2 bridgehead atoms. The number of hydrogen-bond acceptors (Lipinski definition) is 4. The molecule has 0 spiro atoms. The first kappa shape index (κ1) is 16.7. The molecule has 4 N–H and O–H groups in total. The molecule has 0 heterocycles. The van der Waals surface area contributed by atoms with Crippen molar-refractivity contribution in [1.29, 1.82) is 0 Å². The molecule has 1 aromatic carbocycles. The van der Waals surface area contributed by atoms with E-state index in [1.165, 1.54) is 6.42 Å². The molecule has 3 aliphatic rings. The number of benzene rings is 1. The molecule has 23 heavy (non-hydrogen) atoms. The maximum Gasteiger partial charge on any atom is 0.120 e. The molecule has 3 aliphatic carbocycles. The summed E-state index contributed by atoms with van der Waals surface area (Å²) < 4.78 is 0. The molecular weight excluding hydrogens is 288 g/mol. The minimum absolute atomic E-state index is 0.186. The predicted octanol–water partition coefficient (Wildman–Crippen LogP) is 2.26. The van der Waals surface area contributed by atoms with Gasteiger partial charge in [0.2, 0.25) is 0 Å². The van der Waals surface area contributed by atoms with Crippen LogP contribution in [0.25, 0.3) is 0 Å². The number of aromatic hydroxyl groups is 1. The second-order valence-electron chi connectivity index (χ2n) is 8.08. The Kier molecular flexibility index (Phi) is 4.43. The fraction of sp³-hybridized carbons (Fsp3) is 0.684. The standard InChI is InChI=1S/C19H30N2O2/c1-18(2)14-10-16(18)19(3,23)17(11-14)21-9-8-20-12-13-6-4-5-7-15(13)22/h4-7,14,16-17,20-23H,8-12H2,1-3H3/t14-,16-,17?,19-/m1/s1. The summed E-state index contributed by atoms with van der Waals surface area (Å²) in [5.41, 5.74) is 0.584. The van der Waals surface area contributed by atoms with Crippen molar-refractivity contribution in [2.75, 3.05) is 13.1 Å². The molecule has 0 radical (unpaired) electrons. The lowest BCUT2D eigenvalue weighted by Gasteiger charge is -2.65. The second-order valence-corrected chi connectivity index (χ2v) is 8.08. The molecule has 128 valence electrons. The molecule has 1 unspecified atom stereocenters. The van der Waals surface area contributed by atoms with Gasteiger partial charge in [-0.15, -0.1) is 0 Å². The van der Waals surface area contributed by atoms with Crippen molar-refractivity contribution in [1.82, 2.24) is 10.6 Å². The minimum atomic E-state index is -0.615. The van der Waals surface area contributed by atoms with Crippen LogP contribution in [0.1, 0.15) is 39.2 Å². The number of fused-ring (bicyclic) bond motifs is 2. The highest BCUT2D eigenvalue weighted by Crippen LogP contribution is 2.62. The van der Waals surface area contributed by atoms with Crippen molar-refractivity contribution in [2.24, 2.45) is 17.3 Å². The summed E-state index contributed by atoms with van der Waals surface area (Å²) >= 11 is 0. The molecular formula is C19H30N2O2. The van der Waals surface area contributed by atoms with Gasteiger partial charge in [-0.25, -0.2) is 0 Å². The summed E-state index contributed by atoms with van der Waals surface area (Å²) in [4.78, 5) is 0. The molecule has 1 aromatic rings. The summed E-state index contributed by atoms with van der Waals surface area (Å²) in [5.74, 6) is 1.48. The van der Waals surface area contributed by atoms with E-state index in [0.29, 0.717) is 18.2 Å². The minimum Gasteiger partial charge on any atom is -0.508 e. The largest absolute Gasteiger partial charge is 0.508 e. The van der Waals surface area contributed by atoms with E-state index in [2.05, 4.69) is 24.5 Å². The van der Waals surface area contributed by atoms with Gasteiger partial charge in [0, 0.05) is 31.2 Å². The van der Waals surface area contributed by atoms with Crippen LogP contribution in [0.5, 0.6) is 5.75 Å². The van der Waals surface area contributed by atoms with Crippen LogP contribution in [0.3, 0.4) is 0 Å². The third-order valence-corrected chi connectivity index (χ3v) is 6.40. The summed E-state index contributed by atoms with van der Waals surface area (Å²) in [7, 11) is 0. The highest BCUT2D eigenvalue weighted by atomic mass is 16.3. The Balaban J connectivity index is 1.43. The highest BCUT2D eigenvalue weighted by molar-refractivity contribution is 5.31. The fourth-order valence-corrected chi connectivity index (χ4v) is 4.68. The van der Waals surface area contributed by atoms with E-state index < -0.39 is 5.60 Å². The SMILES string of the molecule is CC1(C)[C@H]2CC(NCCNCc3ccccc3O)[C@](C)(O)[C@@H]1C2. The zero-order valence-electron chi connectivity index (χ0n) is 14.5. The average Bonchev–Trinajstić information content (AvgIpc) is 2.49. The Morgan fingerprint density at radius 1 is 1.13 bits per heavy atom. The lowest BCUT2D eigenvalue weighted by Crippen LogP contribution is -2.69. The summed E-state index contributed by atoms with van der Waals surface area (Å²) in [5, 5.41) is 27.5. The van der Waals surface area contributed by atoms with E-state index in [1.54, 1.807) is 6.07 Å². The molecule has 4 atom stereocenters. The van der Waals surface area contributed by atoms with Crippen LogP contribution >= 0.6 is 0 Å². The van der Waals surface area contributed by atoms with Crippen molar-refractivity contribution in [3.8, 4) is 5.75 Å². The molecule has 0 aliphatic heterocycles. The summed E-state index contributed by atoms with van der Waals surface area (Å²) in [6.07, 6.45) is 2.24. The Morgan fingerprint density at radius 3 is 2.52 bits per heavy atom. The van der Waals surface area contributed by atoms with Crippen LogP contribution in [-0.2, 0) is 6.54 Å². The zero-order valence-corrected chi connectivity index (χ0v) is 14.5. The second kappa shape index (κ2) is 6.08. The van der Waals surface area contributed by atoms with Gasteiger partial charge in [-0.05, 0) is 43.1 Å². The van der Waals surface area contributed by atoms with Crippen LogP contribution in [-0.4, -0.2) is 34.9 Å². The smallest absolute Gasteiger partial charge is 0.120 e. The fourth-order valence-electron chi connectivity index (χ4n) is 4.68. The molecule has 0 aromatic heterocycles. The number of para-hydroxylation sites is 1. The number of aliphatic hydroxyl groups is 1. The first-order chi connectivity index (χ1) is 10.8. The van der Waals surface area contributed by atoms with Crippen LogP contribution in [0.15, 0.2) is 24.3 Å². The number of phenolic OH excluding ortho intramolecular Hbond substituents is 1. The van der Waals surface area contributed by atoms with Crippen molar-refractivity contribution >= 4 is 0 Å². The van der Waals surface area contributed by atoms with E-state index in [1.807, 2.05) is 25.1 Å². The molecule has 4 heteroatoms. The third kappa shape index (κ3) is 3.00. The van der Waals surface area contributed by atoms with Gasteiger partial charge in [0.15, 0.2) is 0 Å². The lowest BCUT2D eigenvalue weighted by atomic mass is 9.43. The highest BCUT2D eigenvalue weighted by Gasteiger charge is 2.62. The molecule has 3 fully saturated rings. The van der Waals surface area contributed by atoms with E-state index in [0.717, 1.165) is 31.0 Å². The van der Waals surface area contributed by atoms with Gasteiger partial charge >= 0.3 is 0 Å². The van der Waals surface area contributed by atoms with Gasteiger partial charge in [-0.2, -0.15) is 0 Å². The number of phenols is 1. The summed E-state index contributed by atoms with van der Waals surface area (Å²) in [6, 6.07) is 7.59. The van der Waals surface area contributed by atoms with Crippen LogP contribution in [0, 0.1) is 17.3 Å². The van der Waals surface area contributed by atoms with Gasteiger partial charge in [0.05, 0.1) is 5.60 Å². The van der Waals surface area contributed by atoms with Crippen molar-refractivity contribution in [3.63, 3.8) is 0 Å². The molecule has 3 saturated carbocycles. The van der Waals surface area contributed by atoms with Gasteiger partial charge in [-0.1, -0.05) is 32.0 Å². The predicted molar refractivity (Wildman–Crippen MR) is 92.2 cm³/mol. The van der Waals surface area contributed by atoms with E-state index in [9.17, 15) is 10.2 Å². The Hall–Kier alpha value is -1.10. The number of nitrogens with one attached hydrogen (secondary N) is 2. The third-order valence-electron chi connectivity index (χ3n) is 6.40. The quantitative estimate of drug-likeness (QED) is 0.608. The monoisotopic (exact) mass is 318 g/mol. The van der Waals surface area contributed by atoms with Crippen molar-refractivity contribution in [3.05, 3.63) is 29.8 Å². The summed E-state index contributed by atoms with van der Waals surface area (Å²) in [6.45, 7) is 8.90. The van der Waals surface area contributed by atoms with Gasteiger partial charge in [0.1, 0.15) is 5.75 Å². The Bertz CT molecular complexity index is 556. The molecule has 4 rings (SSSR count). The van der Waals surface area contributed by atoms with Gasteiger partial charge in [0.25, 0.3) is 0 Å². The van der Waals surface area contributed by atoms with Crippen LogP contribution in [0.2, 0.25) is 0 Å². The first-order valence-electron chi connectivity index (χ1n) is 8.77. The lowest BCUT2D eigenvalue weighted by molar-refractivity contribution is -0.209. The van der Waals surface area contributed by atoms with Gasteiger partial charge < -0.3 is 20.8 Å². The first-order valence-corrected chi connectivity index (χ1v) is 8.77. The number of hydrogen-bond donors (Lipinski definition) is 4. The Labute approximate surface area is 139 Å². The van der Waals surface area contributed by atoms with Crippen molar-refractivity contribution in [2.45, 2.75) is 51.8 Å². The van der Waals surface area contributed by atoms with Crippen LogP contribution in [0.4, 0.5) is 0 Å². The van der Waals surface area contributed by atoms with E-state index >= 15 is 0 Å². The maximum absolute atomic E-state index is 10.9. The van der Waals surface area contributed by atoms with Crippen LogP contribution < -0.4 is 10.6 Å².